The SMILES string of the molecule is CC(Cc1cnccn1)N(C)Cc1cccc2ncsc12. The van der Waals surface area contributed by atoms with Gasteiger partial charge in [-0.15, -0.1) is 11.3 Å². The van der Waals surface area contributed by atoms with Crippen LogP contribution >= 0.6 is 11.3 Å². The largest absolute Gasteiger partial charge is 0.299 e. The van der Waals surface area contributed by atoms with E-state index in [-0.39, 0.29) is 0 Å². The molecule has 3 aromatic rings. The molecule has 5 heteroatoms. The van der Waals surface area contributed by atoms with Crippen LogP contribution in [0.3, 0.4) is 0 Å². The Morgan fingerprint density at radius 2 is 2.14 bits per heavy atom. The summed E-state index contributed by atoms with van der Waals surface area (Å²) in [5.41, 5.74) is 5.38. The molecule has 1 atom stereocenters. The van der Waals surface area contributed by atoms with Crippen molar-refractivity contribution < 1.29 is 0 Å². The number of hydrogen-bond acceptors (Lipinski definition) is 5. The molecular formula is C16H18N4S. The maximum Gasteiger partial charge on any atom is 0.0815 e. The molecule has 1 unspecified atom stereocenters. The molecule has 21 heavy (non-hydrogen) atoms. The average Bonchev–Trinajstić information content (AvgIpc) is 2.98. The highest BCUT2D eigenvalue weighted by atomic mass is 32.1. The number of thiazole rings is 1. The van der Waals surface area contributed by atoms with Crippen molar-refractivity contribution in [3.63, 3.8) is 0 Å². The first-order valence-electron chi connectivity index (χ1n) is 7.00. The summed E-state index contributed by atoms with van der Waals surface area (Å²) in [5.74, 6) is 0. The molecule has 2 heterocycles. The molecule has 3 rings (SSSR count). The van der Waals surface area contributed by atoms with E-state index >= 15 is 0 Å². The smallest absolute Gasteiger partial charge is 0.0815 e. The summed E-state index contributed by atoms with van der Waals surface area (Å²) >= 11 is 1.71. The Hall–Kier alpha value is -1.85. The Balaban J connectivity index is 1.71. The van der Waals surface area contributed by atoms with Gasteiger partial charge in [-0.3, -0.25) is 14.9 Å². The third kappa shape index (κ3) is 3.25. The Morgan fingerprint density at radius 1 is 1.24 bits per heavy atom. The van der Waals surface area contributed by atoms with Gasteiger partial charge in [0, 0.05) is 37.6 Å². The topological polar surface area (TPSA) is 41.9 Å². The van der Waals surface area contributed by atoms with Crippen LogP contribution in [0.25, 0.3) is 10.2 Å². The first-order chi connectivity index (χ1) is 10.2. The van der Waals surface area contributed by atoms with E-state index in [0.29, 0.717) is 6.04 Å². The number of fused-ring (bicyclic) bond motifs is 1. The third-order valence-electron chi connectivity index (χ3n) is 3.73. The number of likely N-dealkylation sites (N-methyl/N-ethyl adjacent to an activating group) is 1. The van der Waals surface area contributed by atoms with Gasteiger partial charge in [0.15, 0.2) is 0 Å². The second-order valence-electron chi connectivity index (χ2n) is 5.28. The van der Waals surface area contributed by atoms with Crippen LogP contribution < -0.4 is 0 Å². The summed E-state index contributed by atoms with van der Waals surface area (Å²) in [6.07, 6.45) is 6.21. The van der Waals surface area contributed by atoms with Crippen molar-refractivity contribution in [1.29, 1.82) is 0 Å². The van der Waals surface area contributed by atoms with Crippen LogP contribution in [0, 0.1) is 0 Å². The highest BCUT2D eigenvalue weighted by Crippen LogP contribution is 2.23. The van der Waals surface area contributed by atoms with Gasteiger partial charge in [0.1, 0.15) is 0 Å². The van der Waals surface area contributed by atoms with Gasteiger partial charge >= 0.3 is 0 Å². The summed E-state index contributed by atoms with van der Waals surface area (Å²) in [7, 11) is 2.15. The fourth-order valence-corrected chi connectivity index (χ4v) is 3.18. The molecule has 0 spiro atoms. The first-order valence-corrected chi connectivity index (χ1v) is 7.88. The molecule has 0 saturated heterocycles. The van der Waals surface area contributed by atoms with Crippen molar-refractivity contribution in [3.8, 4) is 0 Å². The summed E-state index contributed by atoms with van der Waals surface area (Å²) in [5, 5.41) is 0. The number of rotatable bonds is 5. The summed E-state index contributed by atoms with van der Waals surface area (Å²) in [4.78, 5) is 15.2. The molecule has 0 fully saturated rings. The number of benzene rings is 1. The van der Waals surface area contributed by atoms with E-state index in [2.05, 4.69) is 52.0 Å². The quantitative estimate of drug-likeness (QED) is 0.725. The molecule has 108 valence electrons. The van der Waals surface area contributed by atoms with Crippen molar-refractivity contribution in [3.05, 3.63) is 53.6 Å². The van der Waals surface area contributed by atoms with Crippen molar-refractivity contribution >= 4 is 21.6 Å². The second kappa shape index (κ2) is 6.28. The van der Waals surface area contributed by atoms with Crippen molar-refractivity contribution in [2.75, 3.05) is 7.05 Å². The number of aromatic nitrogens is 3. The molecule has 0 aliphatic heterocycles. The van der Waals surface area contributed by atoms with E-state index in [1.807, 2.05) is 11.7 Å². The zero-order chi connectivity index (χ0) is 14.7. The number of nitrogens with zero attached hydrogens (tertiary/aromatic N) is 4. The van der Waals surface area contributed by atoms with Crippen LogP contribution in [0.4, 0.5) is 0 Å². The Morgan fingerprint density at radius 3 is 2.95 bits per heavy atom. The molecule has 0 bridgehead atoms. The minimum atomic E-state index is 0.407. The lowest BCUT2D eigenvalue weighted by molar-refractivity contribution is 0.247. The lowest BCUT2D eigenvalue weighted by Crippen LogP contribution is -2.30. The highest BCUT2D eigenvalue weighted by molar-refractivity contribution is 7.16. The van der Waals surface area contributed by atoms with E-state index in [9.17, 15) is 0 Å². The fourth-order valence-electron chi connectivity index (χ4n) is 2.39. The van der Waals surface area contributed by atoms with Crippen LogP contribution in [0.1, 0.15) is 18.2 Å². The molecule has 0 N–H and O–H groups in total. The summed E-state index contributed by atoms with van der Waals surface area (Å²) in [6, 6.07) is 6.74. The molecule has 0 aliphatic rings. The molecule has 2 aromatic heterocycles. The van der Waals surface area contributed by atoms with Crippen molar-refractivity contribution in [2.24, 2.45) is 0 Å². The van der Waals surface area contributed by atoms with E-state index in [1.165, 1.54) is 10.3 Å². The average molecular weight is 298 g/mol. The lowest BCUT2D eigenvalue weighted by Gasteiger charge is -2.24. The van der Waals surface area contributed by atoms with E-state index < -0.39 is 0 Å². The van der Waals surface area contributed by atoms with Crippen LogP contribution in [0.2, 0.25) is 0 Å². The minimum Gasteiger partial charge on any atom is -0.299 e. The maximum atomic E-state index is 4.38. The first kappa shape index (κ1) is 14.1. The zero-order valence-electron chi connectivity index (χ0n) is 12.2. The Kier molecular flexibility index (Phi) is 4.22. The standard InChI is InChI=1S/C16H18N4S/c1-12(8-14-9-17-6-7-18-14)20(2)10-13-4-3-5-15-16(13)21-11-19-15/h3-7,9,11-12H,8,10H2,1-2H3. The predicted molar refractivity (Wildman–Crippen MR) is 86.3 cm³/mol. The normalized spacial score (nSPS) is 12.9. The van der Waals surface area contributed by atoms with Crippen LogP contribution in [-0.4, -0.2) is 32.9 Å². The Labute approximate surface area is 128 Å². The van der Waals surface area contributed by atoms with Gasteiger partial charge in [-0.05, 0) is 25.6 Å². The highest BCUT2D eigenvalue weighted by Gasteiger charge is 2.13. The molecule has 0 saturated carbocycles. The molecular weight excluding hydrogens is 280 g/mol. The molecule has 1 aromatic carbocycles. The van der Waals surface area contributed by atoms with Gasteiger partial charge in [-0.2, -0.15) is 0 Å². The fraction of sp³-hybridized carbons (Fsp3) is 0.312. The molecule has 0 radical (unpaired) electrons. The minimum absolute atomic E-state index is 0.407. The Bertz CT molecular complexity index is 710. The monoisotopic (exact) mass is 298 g/mol. The van der Waals surface area contributed by atoms with E-state index in [1.54, 1.807) is 23.7 Å². The summed E-state index contributed by atoms with van der Waals surface area (Å²) in [6.45, 7) is 3.14. The van der Waals surface area contributed by atoms with Gasteiger partial charge in [-0.25, -0.2) is 4.98 Å². The van der Waals surface area contributed by atoms with Gasteiger partial charge in [0.2, 0.25) is 0 Å². The van der Waals surface area contributed by atoms with Gasteiger partial charge in [0.25, 0.3) is 0 Å². The maximum absolute atomic E-state index is 4.38. The summed E-state index contributed by atoms with van der Waals surface area (Å²) < 4.78 is 1.29. The number of hydrogen-bond donors (Lipinski definition) is 0. The van der Waals surface area contributed by atoms with Gasteiger partial charge < -0.3 is 0 Å². The lowest BCUT2D eigenvalue weighted by atomic mass is 10.1. The van der Waals surface area contributed by atoms with E-state index in [4.69, 9.17) is 0 Å². The van der Waals surface area contributed by atoms with Crippen LogP contribution in [0.15, 0.2) is 42.3 Å². The predicted octanol–water partition coefficient (Wildman–Crippen LogP) is 3.15. The second-order valence-corrected chi connectivity index (χ2v) is 6.14. The van der Waals surface area contributed by atoms with Crippen LogP contribution in [0.5, 0.6) is 0 Å². The molecule has 4 nitrogen and oxygen atoms in total. The van der Waals surface area contributed by atoms with E-state index in [0.717, 1.165) is 24.2 Å². The molecule has 0 amide bonds. The third-order valence-corrected chi connectivity index (χ3v) is 4.65. The van der Waals surface area contributed by atoms with Gasteiger partial charge in [0.05, 0.1) is 21.4 Å². The van der Waals surface area contributed by atoms with Crippen molar-refractivity contribution in [1.82, 2.24) is 19.9 Å². The van der Waals surface area contributed by atoms with Crippen LogP contribution in [-0.2, 0) is 13.0 Å². The zero-order valence-corrected chi connectivity index (χ0v) is 13.0. The van der Waals surface area contributed by atoms with Gasteiger partial charge in [-0.1, -0.05) is 12.1 Å². The van der Waals surface area contributed by atoms with Crippen molar-refractivity contribution in [2.45, 2.75) is 25.9 Å². The molecule has 0 aliphatic carbocycles.